The molecule has 1 amide bonds. The van der Waals surface area contributed by atoms with Gasteiger partial charge in [-0.25, -0.2) is 0 Å². The molecule has 1 fully saturated rings. The SMILES string of the molecule is CC1CCN(C(=O)C(=O)c2c(-c3ccccc3)cc3ccccn23)CC1. The van der Waals surface area contributed by atoms with Gasteiger partial charge in [0, 0.05) is 30.4 Å². The van der Waals surface area contributed by atoms with Gasteiger partial charge < -0.3 is 9.30 Å². The molecule has 1 aromatic carbocycles. The maximum Gasteiger partial charge on any atom is 0.296 e. The number of carbonyl (C=O) groups is 2. The number of Topliss-reactive ketones (excluding diaryl/α,β-unsaturated/α-hetero) is 1. The van der Waals surface area contributed by atoms with Crippen LogP contribution in [0.2, 0.25) is 0 Å². The van der Waals surface area contributed by atoms with E-state index in [4.69, 9.17) is 0 Å². The first-order valence-corrected chi connectivity index (χ1v) is 9.14. The van der Waals surface area contributed by atoms with Crippen molar-refractivity contribution in [1.82, 2.24) is 9.30 Å². The lowest BCUT2D eigenvalue weighted by molar-refractivity contribution is -0.127. The van der Waals surface area contributed by atoms with Gasteiger partial charge in [0.25, 0.3) is 11.7 Å². The Morgan fingerprint density at radius 2 is 1.65 bits per heavy atom. The molecule has 2 aromatic heterocycles. The number of carbonyl (C=O) groups excluding carboxylic acids is 2. The molecule has 0 bridgehead atoms. The summed E-state index contributed by atoms with van der Waals surface area (Å²) in [6.45, 7) is 3.52. The van der Waals surface area contributed by atoms with E-state index < -0.39 is 11.7 Å². The van der Waals surface area contributed by atoms with Gasteiger partial charge >= 0.3 is 0 Å². The Balaban J connectivity index is 1.77. The number of ketones is 1. The van der Waals surface area contributed by atoms with E-state index in [0.717, 1.165) is 29.5 Å². The Bertz CT molecular complexity index is 951. The zero-order chi connectivity index (χ0) is 18.1. The number of nitrogens with zero attached hydrogens (tertiary/aromatic N) is 2. The molecule has 1 saturated heterocycles. The maximum atomic E-state index is 13.2. The first-order chi connectivity index (χ1) is 12.6. The van der Waals surface area contributed by atoms with E-state index in [-0.39, 0.29) is 0 Å². The second-order valence-corrected chi connectivity index (χ2v) is 7.07. The highest BCUT2D eigenvalue weighted by Gasteiger charge is 2.30. The fourth-order valence-electron chi connectivity index (χ4n) is 3.65. The largest absolute Gasteiger partial charge is 0.336 e. The van der Waals surface area contributed by atoms with Crippen LogP contribution in [0.4, 0.5) is 0 Å². The topological polar surface area (TPSA) is 41.8 Å². The third kappa shape index (κ3) is 2.92. The number of fused-ring (bicyclic) bond motifs is 1. The van der Waals surface area contributed by atoms with Gasteiger partial charge in [-0.05, 0) is 42.5 Å². The summed E-state index contributed by atoms with van der Waals surface area (Å²) in [5.74, 6) is -0.203. The Morgan fingerprint density at radius 3 is 2.38 bits per heavy atom. The third-order valence-corrected chi connectivity index (χ3v) is 5.24. The smallest absolute Gasteiger partial charge is 0.296 e. The zero-order valence-corrected chi connectivity index (χ0v) is 14.9. The lowest BCUT2D eigenvalue weighted by atomic mass is 9.98. The molecule has 1 aliphatic rings. The quantitative estimate of drug-likeness (QED) is 0.530. The fourth-order valence-corrected chi connectivity index (χ4v) is 3.65. The summed E-state index contributed by atoms with van der Waals surface area (Å²) in [5.41, 5.74) is 3.12. The molecule has 0 aliphatic carbocycles. The first-order valence-electron chi connectivity index (χ1n) is 9.14. The molecule has 26 heavy (non-hydrogen) atoms. The Hall–Kier alpha value is -2.88. The first kappa shape index (κ1) is 16.6. The molecule has 0 saturated carbocycles. The molecule has 0 unspecified atom stereocenters. The van der Waals surface area contributed by atoms with Gasteiger partial charge in [0.15, 0.2) is 0 Å². The molecule has 0 atom stereocenters. The van der Waals surface area contributed by atoms with Crippen LogP contribution in [0.25, 0.3) is 16.6 Å². The summed E-state index contributed by atoms with van der Waals surface area (Å²) in [6.07, 6.45) is 3.76. The standard InChI is InChI=1S/C22H22N2O2/c1-16-10-13-23(14-11-16)22(26)21(25)20-19(17-7-3-2-4-8-17)15-18-9-5-6-12-24(18)20/h2-9,12,15-16H,10-11,13-14H2,1H3. The molecule has 0 N–H and O–H groups in total. The van der Waals surface area contributed by atoms with Crippen LogP contribution in [0.3, 0.4) is 0 Å². The molecule has 4 nitrogen and oxygen atoms in total. The lowest BCUT2D eigenvalue weighted by Crippen LogP contribution is -2.42. The van der Waals surface area contributed by atoms with E-state index in [1.807, 2.05) is 65.2 Å². The van der Waals surface area contributed by atoms with Crippen molar-refractivity contribution < 1.29 is 9.59 Å². The molecule has 1 aliphatic heterocycles. The van der Waals surface area contributed by atoms with Crippen molar-refractivity contribution in [3.05, 3.63) is 66.5 Å². The van der Waals surface area contributed by atoms with Gasteiger partial charge in [0.1, 0.15) is 5.69 Å². The second kappa shape index (κ2) is 6.79. The van der Waals surface area contributed by atoms with E-state index in [0.29, 0.717) is 24.7 Å². The van der Waals surface area contributed by atoms with E-state index >= 15 is 0 Å². The number of likely N-dealkylation sites (tertiary alicyclic amines) is 1. The van der Waals surface area contributed by atoms with Crippen molar-refractivity contribution in [3.8, 4) is 11.1 Å². The van der Waals surface area contributed by atoms with Crippen LogP contribution >= 0.6 is 0 Å². The van der Waals surface area contributed by atoms with Crippen LogP contribution in [0.15, 0.2) is 60.8 Å². The number of hydrogen-bond donors (Lipinski definition) is 0. The minimum atomic E-state index is -0.426. The molecule has 4 heteroatoms. The molecule has 4 rings (SSSR count). The maximum absolute atomic E-state index is 13.2. The summed E-state index contributed by atoms with van der Waals surface area (Å²) in [6, 6.07) is 17.5. The number of piperidine rings is 1. The number of rotatable bonds is 3. The van der Waals surface area contributed by atoms with Crippen molar-refractivity contribution in [1.29, 1.82) is 0 Å². The Morgan fingerprint density at radius 1 is 0.962 bits per heavy atom. The highest BCUT2D eigenvalue weighted by Crippen LogP contribution is 2.29. The minimum Gasteiger partial charge on any atom is -0.336 e. The van der Waals surface area contributed by atoms with Gasteiger partial charge in [-0.15, -0.1) is 0 Å². The zero-order valence-electron chi connectivity index (χ0n) is 14.9. The second-order valence-electron chi connectivity index (χ2n) is 7.07. The molecule has 3 heterocycles. The van der Waals surface area contributed by atoms with Crippen molar-refractivity contribution in [2.24, 2.45) is 5.92 Å². The van der Waals surface area contributed by atoms with Crippen molar-refractivity contribution in [2.45, 2.75) is 19.8 Å². The molecule has 0 spiro atoms. The molecule has 0 radical (unpaired) electrons. The molecular formula is C22H22N2O2. The number of hydrogen-bond acceptors (Lipinski definition) is 2. The van der Waals surface area contributed by atoms with Gasteiger partial charge in [-0.3, -0.25) is 9.59 Å². The van der Waals surface area contributed by atoms with Crippen LogP contribution < -0.4 is 0 Å². The number of amides is 1. The third-order valence-electron chi connectivity index (χ3n) is 5.24. The van der Waals surface area contributed by atoms with Crippen LogP contribution in [-0.2, 0) is 4.79 Å². The normalized spacial score (nSPS) is 15.3. The average Bonchev–Trinajstić information content (AvgIpc) is 3.08. The number of aromatic nitrogens is 1. The molecule has 132 valence electrons. The summed E-state index contributed by atoms with van der Waals surface area (Å²) < 4.78 is 1.83. The highest BCUT2D eigenvalue weighted by atomic mass is 16.2. The lowest BCUT2D eigenvalue weighted by Gasteiger charge is -2.29. The Kier molecular flexibility index (Phi) is 4.33. The molecular weight excluding hydrogens is 324 g/mol. The highest BCUT2D eigenvalue weighted by molar-refractivity contribution is 6.43. The number of benzene rings is 1. The molecule has 3 aromatic rings. The summed E-state index contributed by atoms with van der Waals surface area (Å²) >= 11 is 0. The Labute approximate surface area is 153 Å². The van der Waals surface area contributed by atoms with Crippen LogP contribution in [0, 0.1) is 5.92 Å². The van der Waals surface area contributed by atoms with Crippen LogP contribution in [-0.4, -0.2) is 34.1 Å². The fraction of sp³-hybridized carbons (Fsp3) is 0.273. The van der Waals surface area contributed by atoms with Gasteiger partial charge in [0.2, 0.25) is 0 Å². The summed E-state index contributed by atoms with van der Waals surface area (Å²) in [7, 11) is 0. The minimum absolute atomic E-state index is 0.391. The van der Waals surface area contributed by atoms with Gasteiger partial charge in [-0.1, -0.05) is 43.3 Å². The van der Waals surface area contributed by atoms with E-state index in [9.17, 15) is 9.59 Å². The number of pyridine rings is 1. The predicted octanol–water partition coefficient (Wildman–Crippen LogP) is 4.05. The summed E-state index contributed by atoms with van der Waals surface area (Å²) in [4.78, 5) is 27.8. The monoisotopic (exact) mass is 346 g/mol. The van der Waals surface area contributed by atoms with Crippen LogP contribution in [0.5, 0.6) is 0 Å². The van der Waals surface area contributed by atoms with Gasteiger partial charge in [-0.2, -0.15) is 0 Å². The van der Waals surface area contributed by atoms with Crippen molar-refractivity contribution >= 4 is 17.2 Å². The van der Waals surface area contributed by atoms with Crippen LogP contribution in [0.1, 0.15) is 30.3 Å². The van der Waals surface area contributed by atoms with E-state index in [1.165, 1.54) is 0 Å². The average molecular weight is 346 g/mol. The van der Waals surface area contributed by atoms with Gasteiger partial charge in [0.05, 0.1) is 0 Å². The van der Waals surface area contributed by atoms with E-state index in [1.54, 1.807) is 4.90 Å². The summed E-state index contributed by atoms with van der Waals surface area (Å²) in [5, 5.41) is 0. The predicted molar refractivity (Wildman–Crippen MR) is 102 cm³/mol. The van der Waals surface area contributed by atoms with E-state index in [2.05, 4.69) is 6.92 Å². The van der Waals surface area contributed by atoms with Crippen molar-refractivity contribution in [2.75, 3.05) is 13.1 Å². The van der Waals surface area contributed by atoms with Crippen molar-refractivity contribution in [3.63, 3.8) is 0 Å².